The number of piperazine rings is 1. The maximum atomic E-state index is 12.9. The van der Waals surface area contributed by atoms with E-state index in [4.69, 9.17) is 5.73 Å². The minimum absolute atomic E-state index is 0. The summed E-state index contributed by atoms with van der Waals surface area (Å²) in [5, 5.41) is 2.98. The van der Waals surface area contributed by atoms with E-state index in [1.54, 1.807) is 23.6 Å². The Morgan fingerprint density at radius 3 is 2.62 bits per heavy atom. The van der Waals surface area contributed by atoms with Gasteiger partial charge in [0.15, 0.2) is 11.1 Å². The lowest BCUT2D eigenvalue weighted by Crippen LogP contribution is -2.51. The van der Waals surface area contributed by atoms with E-state index in [0.29, 0.717) is 24.5 Å². The fraction of sp³-hybridized carbons (Fsp3) is 0.474. The fourth-order valence-electron chi connectivity index (χ4n) is 3.16. The molecule has 3 rings (SSSR count). The van der Waals surface area contributed by atoms with E-state index >= 15 is 0 Å². The maximum absolute atomic E-state index is 12.9. The van der Waals surface area contributed by atoms with Crippen molar-refractivity contribution in [2.24, 2.45) is 10.7 Å². The molecular weight excluding hydrogens is 514 g/mol. The summed E-state index contributed by atoms with van der Waals surface area (Å²) in [5.41, 5.74) is 6.17. The third-order valence-corrected chi connectivity index (χ3v) is 5.74. The van der Waals surface area contributed by atoms with Gasteiger partial charge in [0.1, 0.15) is 0 Å². The Hall–Kier alpha value is -1.56. The van der Waals surface area contributed by atoms with Crippen LogP contribution < -0.4 is 10.6 Å². The summed E-state index contributed by atoms with van der Waals surface area (Å²) in [5.74, 6) is 0.468. The minimum Gasteiger partial charge on any atom is -0.370 e. The van der Waals surface area contributed by atoms with Crippen molar-refractivity contribution in [3.63, 3.8) is 0 Å². The first kappa shape index (κ1) is 23.7. The van der Waals surface area contributed by atoms with Crippen molar-refractivity contribution in [2.75, 3.05) is 37.6 Å². The standard InChI is InChI=1S/C19H24F3N5S.HI/c1-14(15-3-2-4-16(13-15)19(20,21)22)5-6-24-17(23)26-8-10-27(11-9-26)18-25-7-12-28-18;/h2-4,7,12-14H,5-6,8-11H2,1H3,(H2,23,24);1H. The third-order valence-electron chi connectivity index (χ3n) is 4.91. The number of nitrogens with two attached hydrogens (primary N) is 1. The smallest absolute Gasteiger partial charge is 0.370 e. The highest BCUT2D eigenvalue weighted by molar-refractivity contribution is 14.0. The number of halogens is 4. The molecule has 1 fully saturated rings. The summed E-state index contributed by atoms with van der Waals surface area (Å²) in [6.07, 6.45) is -1.88. The van der Waals surface area contributed by atoms with E-state index in [0.717, 1.165) is 37.4 Å². The van der Waals surface area contributed by atoms with Crippen LogP contribution in [0.1, 0.15) is 30.4 Å². The number of hydrogen-bond acceptors (Lipinski definition) is 4. The zero-order chi connectivity index (χ0) is 20.1. The Kier molecular flexibility index (Phi) is 8.56. The molecule has 0 radical (unpaired) electrons. The van der Waals surface area contributed by atoms with Gasteiger partial charge in [-0.15, -0.1) is 35.3 Å². The molecule has 1 unspecified atom stereocenters. The molecule has 2 aromatic rings. The zero-order valence-electron chi connectivity index (χ0n) is 16.1. The van der Waals surface area contributed by atoms with Gasteiger partial charge in [0.05, 0.1) is 5.56 Å². The molecule has 0 spiro atoms. The van der Waals surface area contributed by atoms with Crippen molar-refractivity contribution in [2.45, 2.75) is 25.4 Å². The molecule has 1 aromatic carbocycles. The van der Waals surface area contributed by atoms with Crippen LogP contribution in [-0.2, 0) is 6.18 Å². The van der Waals surface area contributed by atoms with Crippen LogP contribution in [-0.4, -0.2) is 48.6 Å². The molecule has 1 aliphatic heterocycles. The van der Waals surface area contributed by atoms with Crippen molar-refractivity contribution >= 4 is 46.4 Å². The number of nitrogens with zero attached hydrogens (tertiary/aromatic N) is 4. The van der Waals surface area contributed by atoms with Crippen LogP contribution in [0.3, 0.4) is 0 Å². The summed E-state index contributed by atoms with van der Waals surface area (Å²) < 4.78 is 38.6. The van der Waals surface area contributed by atoms with Crippen LogP contribution in [0.25, 0.3) is 0 Å². The molecule has 29 heavy (non-hydrogen) atoms. The Morgan fingerprint density at radius 2 is 2.00 bits per heavy atom. The van der Waals surface area contributed by atoms with Gasteiger partial charge < -0.3 is 15.5 Å². The number of rotatable bonds is 5. The Labute approximate surface area is 189 Å². The lowest BCUT2D eigenvalue weighted by atomic mass is 9.96. The summed E-state index contributed by atoms with van der Waals surface area (Å²) in [4.78, 5) is 13.0. The summed E-state index contributed by atoms with van der Waals surface area (Å²) in [6.45, 7) is 5.62. The van der Waals surface area contributed by atoms with Crippen LogP contribution in [0.15, 0.2) is 40.8 Å². The highest BCUT2D eigenvalue weighted by atomic mass is 127. The molecule has 1 saturated heterocycles. The number of anilines is 1. The van der Waals surface area contributed by atoms with E-state index in [1.165, 1.54) is 12.1 Å². The molecule has 0 bridgehead atoms. The SMILES string of the molecule is CC(CCN=C(N)N1CCN(c2nccs2)CC1)c1cccc(C(F)(F)F)c1.I. The van der Waals surface area contributed by atoms with Gasteiger partial charge in [0, 0.05) is 44.3 Å². The third kappa shape index (κ3) is 6.46. The molecule has 1 aliphatic rings. The predicted molar refractivity (Wildman–Crippen MR) is 122 cm³/mol. The molecule has 0 saturated carbocycles. The highest BCUT2D eigenvalue weighted by Gasteiger charge is 2.30. The molecule has 5 nitrogen and oxygen atoms in total. The lowest BCUT2D eigenvalue weighted by Gasteiger charge is -2.35. The van der Waals surface area contributed by atoms with Gasteiger partial charge in [-0.05, 0) is 24.0 Å². The van der Waals surface area contributed by atoms with Crippen molar-refractivity contribution in [1.29, 1.82) is 0 Å². The topological polar surface area (TPSA) is 57.8 Å². The van der Waals surface area contributed by atoms with Gasteiger partial charge >= 0.3 is 6.18 Å². The lowest BCUT2D eigenvalue weighted by molar-refractivity contribution is -0.137. The van der Waals surface area contributed by atoms with Crippen molar-refractivity contribution in [3.05, 3.63) is 47.0 Å². The Balaban J connectivity index is 0.00000300. The van der Waals surface area contributed by atoms with E-state index in [-0.39, 0.29) is 29.9 Å². The van der Waals surface area contributed by atoms with Gasteiger partial charge in [-0.2, -0.15) is 13.2 Å². The summed E-state index contributed by atoms with van der Waals surface area (Å²) in [6, 6.07) is 5.49. The predicted octanol–water partition coefficient (Wildman–Crippen LogP) is 4.41. The van der Waals surface area contributed by atoms with Crippen LogP contribution >= 0.6 is 35.3 Å². The first-order valence-electron chi connectivity index (χ1n) is 9.21. The number of guanidine groups is 1. The number of aliphatic imine (C=N–C) groups is 1. The molecule has 160 valence electrons. The van der Waals surface area contributed by atoms with Crippen molar-refractivity contribution in [1.82, 2.24) is 9.88 Å². The first-order valence-corrected chi connectivity index (χ1v) is 10.1. The van der Waals surface area contributed by atoms with Gasteiger partial charge in [-0.25, -0.2) is 4.98 Å². The fourth-order valence-corrected chi connectivity index (χ4v) is 3.86. The van der Waals surface area contributed by atoms with Crippen LogP contribution in [0.4, 0.5) is 18.3 Å². The van der Waals surface area contributed by atoms with E-state index in [1.807, 2.05) is 17.2 Å². The molecule has 0 aliphatic carbocycles. The van der Waals surface area contributed by atoms with Crippen LogP contribution in [0.2, 0.25) is 0 Å². The van der Waals surface area contributed by atoms with Gasteiger partial charge in [0.25, 0.3) is 0 Å². The van der Waals surface area contributed by atoms with E-state index in [2.05, 4.69) is 14.9 Å². The summed E-state index contributed by atoms with van der Waals surface area (Å²) >= 11 is 1.62. The number of aromatic nitrogens is 1. The van der Waals surface area contributed by atoms with Crippen LogP contribution in [0, 0.1) is 0 Å². The Morgan fingerprint density at radius 1 is 1.28 bits per heavy atom. The molecule has 2 N–H and O–H groups in total. The molecule has 0 amide bonds. The maximum Gasteiger partial charge on any atom is 0.416 e. The van der Waals surface area contributed by atoms with Crippen LogP contribution in [0.5, 0.6) is 0 Å². The average molecular weight is 539 g/mol. The largest absolute Gasteiger partial charge is 0.416 e. The van der Waals surface area contributed by atoms with Crippen molar-refractivity contribution in [3.8, 4) is 0 Å². The second-order valence-corrected chi connectivity index (χ2v) is 7.71. The Bertz CT molecular complexity index is 789. The first-order chi connectivity index (χ1) is 13.3. The zero-order valence-corrected chi connectivity index (χ0v) is 19.2. The quantitative estimate of drug-likeness (QED) is 0.348. The van der Waals surface area contributed by atoms with Gasteiger partial charge in [0.2, 0.25) is 0 Å². The second kappa shape index (κ2) is 10.5. The summed E-state index contributed by atoms with van der Waals surface area (Å²) in [7, 11) is 0. The van der Waals surface area contributed by atoms with E-state index < -0.39 is 11.7 Å². The molecular formula is C19H25F3IN5S. The molecule has 10 heteroatoms. The van der Waals surface area contributed by atoms with Crippen molar-refractivity contribution < 1.29 is 13.2 Å². The normalized spacial score (nSPS) is 16.5. The number of alkyl halides is 3. The number of hydrogen-bond donors (Lipinski definition) is 1. The molecule has 2 heterocycles. The average Bonchev–Trinajstić information content (AvgIpc) is 3.22. The second-order valence-electron chi connectivity index (χ2n) is 6.84. The highest BCUT2D eigenvalue weighted by Crippen LogP contribution is 2.31. The van der Waals surface area contributed by atoms with E-state index in [9.17, 15) is 13.2 Å². The molecule has 1 aromatic heterocycles. The van der Waals surface area contributed by atoms with Gasteiger partial charge in [-0.1, -0.05) is 25.1 Å². The monoisotopic (exact) mass is 539 g/mol. The molecule has 1 atom stereocenters. The number of benzene rings is 1. The minimum atomic E-state index is -4.32. The van der Waals surface area contributed by atoms with Gasteiger partial charge in [-0.3, -0.25) is 4.99 Å². The number of thiazole rings is 1.